The molecule has 14 heavy (non-hydrogen) atoms. The molecule has 0 aliphatic carbocycles. The summed E-state index contributed by atoms with van der Waals surface area (Å²) in [6, 6.07) is 5.61. The molecule has 1 N–H and O–H groups in total. The van der Waals surface area contributed by atoms with Crippen LogP contribution in [-0.4, -0.2) is 16.0 Å². The second kappa shape index (κ2) is 3.25. The summed E-state index contributed by atoms with van der Waals surface area (Å²) in [7, 11) is 0. The zero-order chi connectivity index (χ0) is 10.1. The van der Waals surface area contributed by atoms with Crippen LogP contribution in [0.1, 0.15) is 24.2 Å². The van der Waals surface area contributed by atoms with Crippen LogP contribution in [-0.2, 0) is 0 Å². The van der Waals surface area contributed by atoms with Gasteiger partial charge < -0.3 is 0 Å². The molecule has 0 radical (unpaired) electrons. The van der Waals surface area contributed by atoms with Crippen molar-refractivity contribution in [2.45, 2.75) is 13.8 Å². The maximum atomic E-state index is 11.7. The van der Waals surface area contributed by atoms with Crippen LogP contribution in [0.25, 0.3) is 10.9 Å². The normalized spacial score (nSPS) is 11.1. The van der Waals surface area contributed by atoms with Gasteiger partial charge in [0.1, 0.15) is 0 Å². The number of Topliss-reactive ketones (excluding diaryl/α,β-unsaturated/α-hetero) is 1. The summed E-state index contributed by atoms with van der Waals surface area (Å²) in [5, 5.41) is 7.79. The van der Waals surface area contributed by atoms with Crippen molar-refractivity contribution in [2.75, 3.05) is 0 Å². The Morgan fingerprint density at radius 2 is 2.21 bits per heavy atom. The Labute approximate surface area is 82.1 Å². The summed E-state index contributed by atoms with van der Waals surface area (Å²) >= 11 is 0. The molecule has 0 unspecified atom stereocenters. The van der Waals surface area contributed by atoms with Crippen LogP contribution in [0.15, 0.2) is 24.4 Å². The van der Waals surface area contributed by atoms with Gasteiger partial charge in [0, 0.05) is 16.9 Å². The molecule has 0 aliphatic rings. The van der Waals surface area contributed by atoms with Crippen molar-refractivity contribution in [1.29, 1.82) is 0 Å². The minimum Gasteiger partial charge on any atom is -0.294 e. The van der Waals surface area contributed by atoms with Gasteiger partial charge in [-0.3, -0.25) is 9.89 Å². The van der Waals surface area contributed by atoms with Gasteiger partial charge in [0.05, 0.1) is 11.7 Å². The van der Waals surface area contributed by atoms with E-state index < -0.39 is 0 Å². The molecule has 0 amide bonds. The number of benzene rings is 1. The number of carbonyl (C=O) groups is 1. The summed E-state index contributed by atoms with van der Waals surface area (Å²) in [5.74, 6) is 0.205. The van der Waals surface area contributed by atoms with Crippen molar-refractivity contribution >= 4 is 16.7 Å². The Morgan fingerprint density at radius 1 is 1.43 bits per heavy atom. The highest BCUT2D eigenvalue weighted by molar-refractivity contribution is 6.00. The fourth-order valence-corrected chi connectivity index (χ4v) is 1.42. The van der Waals surface area contributed by atoms with Crippen LogP contribution in [0.3, 0.4) is 0 Å². The molecule has 0 bridgehead atoms. The molecule has 72 valence electrons. The van der Waals surface area contributed by atoms with Crippen LogP contribution < -0.4 is 0 Å². The van der Waals surface area contributed by atoms with E-state index in [2.05, 4.69) is 10.2 Å². The number of aromatic amines is 1. The summed E-state index contributed by atoms with van der Waals surface area (Å²) in [4.78, 5) is 11.7. The smallest absolute Gasteiger partial charge is 0.165 e. The van der Waals surface area contributed by atoms with Gasteiger partial charge in [0.15, 0.2) is 5.78 Å². The van der Waals surface area contributed by atoms with Crippen molar-refractivity contribution in [2.24, 2.45) is 5.92 Å². The maximum Gasteiger partial charge on any atom is 0.165 e. The number of fused-ring (bicyclic) bond motifs is 1. The van der Waals surface area contributed by atoms with Crippen LogP contribution >= 0.6 is 0 Å². The van der Waals surface area contributed by atoms with E-state index >= 15 is 0 Å². The summed E-state index contributed by atoms with van der Waals surface area (Å²) in [6.07, 6.45) is 1.75. The largest absolute Gasteiger partial charge is 0.294 e. The third-order valence-corrected chi connectivity index (χ3v) is 2.25. The SMILES string of the molecule is CC(C)C(=O)c1ccc2cn[nH]c2c1. The van der Waals surface area contributed by atoms with Gasteiger partial charge in [-0.2, -0.15) is 5.10 Å². The quantitative estimate of drug-likeness (QED) is 0.735. The van der Waals surface area contributed by atoms with E-state index in [1.165, 1.54) is 0 Å². The number of hydrogen-bond acceptors (Lipinski definition) is 2. The van der Waals surface area contributed by atoms with Crippen LogP contribution in [0.2, 0.25) is 0 Å². The molecular weight excluding hydrogens is 176 g/mol. The Bertz CT molecular complexity index is 471. The number of nitrogens with one attached hydrogen (secondary N) is 1. The summed E-state index contributed by atoms with van der Waals surface area (Å²) < 4.78 is 0. The molecule has 1 aromatic carbocycles. The fourth-order valence-electron chi connectivity index (χ4n) is 1.42. The van der Waals surface area contributed by atoms with Crippen molar-refractivity contribution in [3.8, 4) is 0 Å². The highest BCUT2D eigenvalue weighted by Crippen LogP contribution is 2.15. The Kier molecular flexibility index (Phi) is 2.08. The van der Waals surface area contributed by atoms with Crippen LogP contribution in [0.5, 0.6) is 0 Å². The first-order valence-electron chi connectivity index (χ1n) is 4.66. The van der Waals surface area contributed by atoms with Gasteiger partial charge in [-0.25, -0.2) is 0 Å². The molecule has 0 atom stereocenters. The molecule has 2 aromatic rings. The van der Waals surface area contributed by atoms with Gasteiger partial charge in [0.25, 0.3) is 0 Å². The number of H-pyrrole nitrogens is 1. The lowest BCUT2D eigenvalue weighted by Crippen LogP contribution is -2.06. The van der Waals surface area contributed by atoms with E-state index in [9.17, 15) is 4.79 Å². The van der Waals surface area contributed by atoms with Gasteiger partial charge in [-0.05, 0) is 6.07 Å². The standard InChI is InChI=1S/C11H12N2O/c1-7(2)11(14)8-3-4-9-6-12-13-10(9)5-8/h3-7H,1-2H3,(H,12,13). The van der Waals surface area contributed by atoms with E-state index in [1.54, 1.807) is 6.20 Å². The number of aromatic nitrogens is 2. The minimum absolute atomic E-state index is 0.0374. The topological polar surface area (TPSA) is 45.8 Å². The van der Waals surface area contributed by atoms with E-state index in [-0.39, 0.29) is 11.7 Å². The average molecular weight is 188 g/mol. The lowest BCUT2D eigenvalue weighted by Gasteiger charge is -2.03. The molecule has 1 aromatic heterocycles. The van der Waals surface area contributed by atoms with E-state index in [1.807, 2.05) is 32.0 Å². The summed E-state index contributed by atoms with van der Waals surface area (Å²) in [5.41, 5.74) is 1.66. The predicted octanol–water partition coefficient (Wildman–Crippen LogP) is 2.40. The molecule has 1 heterocycles. The Balaban J connectivity index is 2.48. The number of rotatable bonds is 2. The number of nitrogens with zero attached hydrogens (tertiary/aromatic N) is 1. The van der Waals surface area contributed by atoms with Gasteiger partial charge in [-0.1, -0.05) is 26.0 Å². The molecule has 3 nitrogen and oxygen atoms in total. The molecule has 0 aliphatic heterocycles. The molecule has 0 fully saturated rings. The van der Waals surface area contributed by atoms with E-state index in [4.69, 9.17) is 0 Å². The van der Waals surface area contributed by atoms with Crippen molar-refractivity contribution in [3.05, 3.63) is 30.0 Å². The van der Waals surface area contributed by atoms with Crippen molar-refractivity contribution in [3.63, 3.8) is 0 Å². The zero-order valence-corrected chi connectivity index (χ0v) is 8.24. The second-order valence-corrected chi connectivity index (χ2v) is 3.69. The predicted molar refractivity (Wildman–Crippen MR) is 55.3 cm³/mol. The van der Waals surface area contributed by atoms with Gasteiger partial charge in [-0.15, -0.1) is 0 Å². The number of hydrogen-bond donors (Lipinski definition) is 1. The molecule has 0 saturated heterocycles. The molecule has 0 spiro atoms. The van der Waals surface area contributed by atoms with Crippen molar-refractivity contribution < 1.29 is 4.79 Å². The second-order valence-electron chi connectivity index (χ2n) is 3.69. The third kappa shape index (κ3) is 1.41. The monoisotopic (exact) mass is 188 g/mol. The lowest BCUT2D eigenvalue weighted by atomic mass is 10.0. The summed E-state index contributed by atoms with van der Waals surface area (Å²) in [6.45, 7) is 3.80. The maximum absolute atomic E-state index is 11.7. The third-order valence-electron chi connectivity index (χ3n) is 2.25. The number of ketones is 1. The van der Waals surface area contributed by atoms with Crippen LogP contribution in [0, 0.1) is 5.92 Å². The first-order chi connectivity index (χ1) is 6.68. The first-order valence-corrected chi connectivity index (χ1v) is 4.66. The molecular formula is C11H12N2O. The van der Waals surface area contributed by atoms with Crippen LogP contribution in [0.4, 0.5) is 0 Å². The highest BCUT2D eigenvalue weighted by Gasteiger charge is 2.10. The Hall–Kier alpha value is -1.64. The van der Waals surface area contributed by atoms with E-state index in [0.29, 0.717) is 0 Å². The lowest BCUT2D eigenvalue weighted by molar-refractivity contribution is 0.0939. The minimum atomic E-state index is 0.0374. The molecule has 3 heteroatoms. The molecule has 2 rings (SSSR count). The number of carbonyl (C=O) groups excluding carboxylic acids is 1. The van der Waals surface area contributed by atoms with Gasteiger partial charge in [0.2, 0.25) is 0 Å². The van der Waals surface area contributed by atoms with Gasteiger partial charge >= 0.3 is 0 Å². The zero-order valence-electron chi connectivity index (χ0n) is 8.24. The van der Waals surface area contributed by atoms with E-state index in [0.717, 1.165) is 16.5 Å². The first kappa shape index (κ1) is 8.94. The molecule has 0 saturated carbocycles. The fraction of sp³-hybridized carbons (Fsp3) is 0.273. The average Bonchev–Trinajstić information content (AvgIpc) is 2.62. The van der Waals surface area contributed by atoms with Crippen molar-refractivity contribution in [1.82, 2.24) is 10.2 Å². The highest BCUT2D eigenvalue weighted by atomic mass is 16.1. The Morgan fingerprint density at radius 3 is 2.93 bits per heavy atom.